The first-order chi connectivity index (χ1) is 12.3. The van der Waals surface area contributed by atoms with E-state index in [4.69, 9.17) is 9.73 Å². The van der Waals surface area contributed by atoms with E-state index >= 15 is 0 Å². The molecule has 0 saturated heterocycles. The minimum absolute atomic E-state index is 0.173. The molecular formula is C24H25NO. The van der Waals surface area contributed by atoms with Gasteiger partial charge in [0.1, 0.15) is 6.61 Å². The average molecular weight is 343 g/mol. The van der Waals surface area contributed by atoms with Gasteiger partial charge in [-0.15, -0.1) is 0 Å². The van der Waals surface area contributed by atoms with E-state index in [9.17, 15) is 0 Å². The first-order valence-corrected chi connectivity index (χ1v) is 9.18. The van der Waals surface area contributed by atoms with Crippen LogP contribution in [0, 0.1) is 20.8 Å². The summed E-state index contributed by atoms with van der Waals surface area (Å²) < 4.78 is 6.06. The van der Waals surface area contributed by atoms with Gasteiger partial charge in [-0.3, -0.25) is 0 Å². The molecule has 0 saturated carbocycles. The van der Waals surface area contributed by atoms with E-state index in [2.05, 4.69) is 83.1 Å². The highest BCUT2D eigenvalue weighted by atomic mass is 16.5. The minimum Gasteiger partial charge on any atom is -0.475 e. The Hall–Kier alpha value is -2.61. The zero-order valence-corrected chi connectivity index (χ0v) is 16.2. The van der Waals surface area contributed by atoms with Crippen molar-refractivity contribution in [2.75, 3.05) is 6.61 Å². The van der Waals surface area contributed by atoms with Crippen LogP contribution < -0.4 is 0 Å². The summed E-state index contributed by atoms with van der Waals surface area (Å²) in [6, 6.07) is 17.6. The smallest absolute Gasteiger partial charge is 0.217 e. The molecule has 2 nitrogen and oxygen atoms in total. The van der Waals surface area contributed by atoms with Crippen LogP contribution in [0.2, 0.25) is 0 Å². The second-order valence-electron chi connectivity index (χ2n) is 8.06. The lowest BCUT2D eigenvalue weighted by Crippen LogP contribution is -2.17. The SMILES string of the molecule is Cc1cc(C)cc(-c2c(C3=NC(C)(C)CO3)c(C)cc3ccccc23)c1. The Morgan fingerprint density at radius 3 is 2.23 bits per heavy atom. The van der Waals surface area contributed by atoms with Crippen LogP contribution >= 0.6 is 0 Å². The summed E-state index contributed by atoms with van der Waals surface area (Å²) in [6.45, 7) is 11.3. The van der Waals surface area contributed by atoms with Crippen molar-refractivity contribution in [1.29, 1.82) is 0 Å². The Kier molecular flexibility index (Phi) is 3.87. The molecule has 3 aromatic rings. The van der Waals surface area contributed by atoms with Crippen LogP contribution in [0.4, 0.5) is 0 Å². The van der Waals surface area contributed by atoms with E-state index in [0.717, 1.165) is 11.5 Å². The molecule has 1 aliphatic heterocycles. The zero-order valence-electron chi connectivity index (χ0n) is 16.2. The number of hydrogen-bond acceptors (Lipinski definition) is 2. The molecule has 0 unspecified atom stereocenters. The van der Waals surface area contributed by atoms with E-state index in [1.54, 1.807) is 0 Å². The minimum atomic E-state index is -0.173. The molecule has 0 atom stereocenters. The van der Waals surface area contributed by atoms with Gasteiger partial charge in [0, 0.05) is 11.1 Å². The Morgan fingerprint density at radius 2 is 1.58 bits per heavy atom. The molecule has 26 heavy (non-hydrogen) atoms. The maximum Gasteiger partial charge on any atom is 0.217 e. The lowest BCUT2D eigenvalue weighted by molar-refractivity contribution is 0.279. The number of fused-ring (bicyclic) bond motifs is 1. The molecule has 0 amide bonds. The molecule has 0 aliphatic carbocycles. The summed E-state index contributed by atoms with van der Waals surface area (Å²) >= 11 is 0. The molecule has 0 N–H and O–H groups in total. The topological polar surface area (TPSA) is 21.6 Å². The van der Waals surface area contributed by atoms with E-state index in [-0.39, 0.29) is 5.54 Å². The van der Waals surface area contributed by atoms with Gasteiger partial charge in [-0.1, -0.05) is 59.7 Å². The predicted octanol–water partition coefficient (Wildman–Crippen LogP) is 5.99. The number of rotatable bonds is 2. The van der Waals surface area contributed by atoms with Crippen LogP contribution in [0.15, 0.2) is 53.5 Å². The Balaban J connectivity index is 2.10. The van der Waals surface area contributed by atoms with Crippen molar-refractivity contribution in [3.8, 4) is 11.1 Å². The van der Waals surface area contributed by atoms with Gasteiger partial charge in [0.25, 0.3) is 0 Å². The fourth-order valence-electron chi connectivity index (χ4n) is 3.89. The van der Waals surface area contributed by atoms with Crippen molar-refractivity contribution >= 4 is 16.7 Å². The third kappa shape index (κ3) is 2.90. The number of ether oxygens (including phenoxy) is 1. The van der Waals surface area contributed by atoms with Crippen molar-refractivity contribution in [3.05, 3.63) is 70.8 Å². The van der Waals surface area contributed by atoms with E-state index in [1.165, 1.54) is 38.6 Å². The summed E-state index contributed by atoms with van der Waals surface area (Å²) in [7, 11) is 0. The second-order valence-corrected chi connectivity index (χ2v) is 8.06. The summed E-state index contributed by atoms with van der Waals surface area (Å²) in [4.78, 5) is 4.88. The van der Waals surface area contributed by atoms with Crippen LogP contribution in [-0.4, -0.2) is 18.0 Å². The molecule has 0 bridgehead atoms. The average Bonchev–Trinajstić information content (AvgIpc) is 2.92. The highest BCUT2D eigenvalue weighted by Gasteiger charge is 2.30. The molecule has 0 spiro atoms. The number of hydrogen-bond donors (Lipinski definition) is 0. The molecule has 4 rings (SSSR count). The summed E-state index contributed by atoms with van der Waals surface area (Å²) in [5.74, 6) is 0.771. The van der Waals surface area contributed by atoms with Crippen LogP contribution in [0.3, 0.4) is 0 Å². The van der Waals surface area contributed by atoms with Crippen molar-refractivity contribution in [2.45, 2.75) is 40.2 Å². The zero-order chi connectivity index (χ0) is 18.5. The highest BCUT2D eigenvalue weighted by molar-refractivity contribution is 6.11. The van der Waals surface area contributed by atoms with Crippen LogP contribution in [-0.2, 0) is 4.74 Å². The number of aliphatic imine (C=N–C) groups is 1. The normalized spacial score (nSPS) is 15.8. The van der Waals surface area contributed by atoms with Gasteiger partial charge in [0.2, 0.25) is 5.90 Å². The van der Waals surface area contributed by atoms with Crippen LogP contribution in [0.5, 0.6) is 0 Å². The molecule has 2 heteroatoms. The fourth-order valence-corrected chi connectivity index (χ4v) is 3.89. The van der Waals surface area contributed by atoms with E-state index < -0.39 is 0 Å². The highest BCUT2D eigenvalue weighted by Crippen LogP contribution is 2.37. The molecule has 132 valence electrons. The van der Waals surface area contributed by atoms with Crippen molar-refractivity contribution < 1.29 is 4.74 Å². The van der Waals surface area contributed by atoms with Crippen LogP contribution in [0.1, 0.15) is 36.1 Å². The van der Waals surface area contributed by atoms with Crippen molar-refractivity contribution in [3.63, 3.8) is 0 Å². The number of aryl methyl sites for hydroxylation is 3. The summed E-state index contributed by atoms with van der Waals surface area (Å²) in [5.41, 5.74) is 7.15. The lowest BCUT2D eigenvalue weighted by atomic mass is 9.88. The number of benzene rings is 3. The van der Waals surface area contributed by atoms with Gasteiger partial charge < -0.3 is 4.74 Å². The first-order valence-electron chi connectivity index (χ1n) is 9.18. The second kappa shape index (κ2) is 5.98. The first kappa shape index (κ1) is 16.8. The third-order valence-electron chi connectivity index (χ3n) is 4.94. The maximum atomic E-state index is 6.06. The lowest BCUT2D eigenvalue weighted by Gasteiger charge is -2.17. The molecule has 0 radical (unpaired) electrons. The molecule has 3 aromatic carbocycles. The Morgan fingerprint density at radius 1 is 0.885 bits per heavy atom. The quantitative estimate of drug-likeness (QED) is 0.560. The van der Waals surface area contributed by atoms with Gasteiger partial charge in [0.15, 0.2) is 0 Å². The molecular weight excluding hydrogens is 318 g/mol. The van der Waals surface area contributed by atoms with Crippen molar-refractivity contribution in [2.24, 2.45) is 4.99 Å². The monoisotopic (exact) mass is 343 g/mol. The van der Waals surface area contributed by atoms with Crippen molar-refractivity contribution in [1.82, 2.24) is 0 Å². The maximum absolute atomic E-state index is 6.06. The molecule has 0 aromatic heterocycles. The molecule has 1 heterocycles. The van der Waals surface area contributed by atoms with Gasteiger partial charge in [0.05, 0.1) is 5.54 Å². The molecule has 0 fully saturated rings. The Labute approximate surface area is 155 Å². The Bertz CT molecular complexity index is 1020. The van der Waals surface area contributed by atoms with Gasteiger partial charge in [-0.05, 0) is 56.5 Å². The summed E-state index contributed by atoms with van der Waals surface area (Å²) in [5, 5.41) is 2.50. The third-order valence-corrected chi connectivity index (χ3v) is 4.94. The fraction of sp³-hybridized carbons (Fsp3) is 0.292. The van der Waals surface area contributed by atoms with Crippen LogP contribution in [0.25, 0.3) is 21.9 Å². The standard InChI is InChI=1S/C24H25NO/c1-15-10-16(2)12-19(11-15)22-20-9-7-6-8-18(20)13-17(3)21(22)23-25-24(4,5)14-26-23/h6-13H,14H2,1-5H3. The number of nitrogens with zero attached hydrogens (tertiary/aromatic N) is 1. The molecule has 1 aliphatic rings. The largest absolute Gasteiger partial charge is 0.475 e. The van der Waals surface area contributed by atoms with Gasteiger partial charge in [-0.25, -0.2) is 4.99 Å². The predicted molar refractivity (Wildman–Crippen MR) is 110 cm³/mol. The van der Waals surface area contributed by atoms with E-state index in [0.29, 0.717) is 6.61 Å². The van der Waals surface area contributed by atoms with Gasteiger partial charge >= 0.3 is 0 Å². The van der Waals surface area contributed by atoms with E-state index in [1.807, 2.05) is 0 Å². The summed E-state index contributed by atoms with van der Waals surface area (Å²) in [6.07, 6.45) is 0. The van der Waals surface area contributed by atoms with Gasteiger partial charge in [-0.2, -0.15) is 0 Å².